The molecule has 7 heteroatoms. The molecule has 3 heterocycles. The van der Waals surface area contributed by atoms with Crippen LogP contribution in [0.2, 0.25) is 5.02 Å². The van der Waals surface area contributed by atoms with Gasteiger partial charge in [0.1, 0.15) is 11.6 Å². The zero-order valence-corrected chi connectivity index (χ0v) is 15.5. The number of hydrogen-bond donors (Lipinski definition) is 0. The number of hydrogen-bond acceptors (Lipinski definition) is 5. The molecule has 26 heavy (non-hydrogen) atoms. The number of fused-ring (bicyclic) bond motifs is 1. The molecule has 2 aromatic rings. The molecule has 0 aliphatic carbocycles. The lowest BCUT2D eigenvalue weighted by Gasteiger charge is -2.34. The Hall–Kier alpha value is -2.18. The fourth-order valence-corrected chi connectivity index (χ4v) is 3.75. The lowest BCUT2D eigenvalue weighted by molar-refractivity contribution is 0.0733. The van der Waals surface area contributed by atoms with E-state index in [1.165, 1.54) is 0 Å². The van der Waals surface area contributed by atoms with E-state index in [1.54, 1.807) is 12.1 Å². The lowest BCUT2D eigenvalue weighted by atomic mass is 10.0. The average molecular weight is 373 g/mol. The van der Waals surface area contributed by atoms with E-state index in [1.807, 2.05) is 24.0 Å². The van der Waals surface area contributed by atoms with Crippen molar-refractivity contribution in [3.8, 4) is 0 Å². The lowest BCUT2D eigenvalue weighted by Crippen LogP contribution is -2.41. The largest absolute Gasteiger partial charge is 0.378 e. The van der Waals surface area contributed by atoms with Gasteiger partial charge in [-0.15, -0.1) is 0 Å². The fourth-order valence-electron chi connectivity index (χ4n) is 3.53. The molecule has 0 bridgehead atoms. The van der Waals surface area contributed by atoms with E-state index in [0.29, 0.717) is 36.9 Å². The van der Waals surface area contributed by atoms with Crippen LogP contribution in [0.4, 0.5) is 5.82 Å². The van der Waals surface area contributed by atoms with Crippen molar-refractivity contribution in [2.45, 2.75) is 19.9 Å². The quantitative estimate of drug-likeness (QED) is 0.810. The van der Waals surface area contributed by atoms with Crippen LogP contribution in [0.25, 0.3) is 0 Å². The van der Waals surface area contributed by atoms with Gasteiger partial charge < -0.3 is 14.5 Å². The summed E-state index contributed by atoms with van der Waals surface area (Å²) in [6, 6.07) is 7.19. The number of amides is 1. The van der Waals surface area contributed by atoms with Crippen LogP contribution in [-0.4, -0.2) is 53.6 Å². The molecule has 1 aromatic carbocycles. The molecule has 0 N–H and O–H groups in total. The first-order valence-corrected chi connectivity index (χ1v) is 9.24. The number of carbonyl (C=O) groups excluding carboxylic acids is 1. The zero-order chi connectivity index (χ0) is 18.1. The molecule has 2 aliphatic heterocycles. The highest BCUT2D eigenvalue weighted by atomic mass is 35.5. The van der Waals surface area contributed by atoms with Crippen LogP contribution in [0.3, 0.4) is 0 Å². The first-order valence-electron chi connectivity index (χ1n) is 8.86. The van der Waals surface area contributed by atoms with Crippen molar-refractivity contribution in [2.75, 3.05) is 37.7 Å². The highest BCUT2D eigenvalue weighted by Crippen LogP contribution is 2.29. The first kappa shape index (κ1) is 17.2. The Bertz CT molecular complexity index is 836. The molecule has 136 valence electrons. The number of carbonyl (C=O) groups is 1. The Morgan fingerprint density at radius 1 is 1.15 bits per heavy atom. The third-order valence-electron chi connectivity index (χ3n) is 4.85. The van der Waals surface area contributed by atoms with Gasteiger partial charge in [-0.2, -0.15) is 0 Å². The van der Waals surface area contributed by atoms with E-state index >= 15 is 0 Å². The predicted octanol–water partition coefficient (Wildman–Crippen LogP) is 2.47. The minimum absolute atomic E-state index is 0.0465. The van der Waals surface area contributed by atoms with Crippen LogP contribution in [0, 0.1) is 6.92 Å². The Balaban J connectivity index is 1.65. The molecule has 0 saturated carbocycles. The van der Waals surface area contributed by atoms with Crippen LogP contribution < -0.4 is 4.90 Å². The number of aryl methyl sites for hydroxylation is 1. The van der Waals surface area contributed by atoms with E-state index < -0.39 is 0 Å². The van der Waals surface area contributed by atoms with Crippen molar-refractivity contribution in [3.63, 3.8) is 0 Å². The van der Waals surface area contributed by atoms with Crippen LogP contribution in [0.1, 0.15) is 27.4 Å². The van der Waals surface area contributed by atoms with Gasteiger partial charge in [-0.25, -0.2) is 9.97 Å². The SMILES string of the molecule is Cc1nc2c(c(N3CCOCC3)n1)CN(C(=O)c1ccccc1Cl)CC2. The maximum Gasteiger partial charge on any atom is 0.255 e. The Morgan fingerprint density at radius 3 is 2.69 bits per heavy atom. The standard InChI is InChI=1S/C19H21ClN4O2/c1-13-21-17-6-7-24(19(25)14-4-2-3-5-16(14)20)12-15(17)18(22-13)23-8-10-26-11-9-23/h2-5H,6-12H2,1H3. The molecular weight excluding hydrogens is 352 g/mol. The second-order valence-electron chi connectivity index (χ2n) is 6.58. The number of aromatic nitrogens is 2. The van der Waals surface area contributed by atoms with Crippen LogP contribution >= 0.6 is 11.6 Å². The van der Waals surface area contributed by atoms with E-state index in [-0.39, 0.29) is 5.91 Å². The smallest absolute Gasteiger partial charge is 0.255 e. The summed E-state index contributed by atoms with van der Waals surface area (Å²) in [6.07, 6.45) is 0.728. The maximum atomic E-state index is 13.0. The molecule has 0 spiro atoms. The number of anilines is 1. The summed E-state index contributed by atoms with van der Waals surface area (Å²) in [7, 11) is 0. The molecule has 1 fully saturated rings. The van der Waals surface area contributed by atoms with E-state index in [2.05, 4.69) is 14.9 Å². The van der Waals surface area contributed by atoms with Gasteiger partial charge in [-0.3, -0.25) is 4.79 Å². The van der Waals surface area contributed by atoms with Gasteiger partial charge in [-0.05, 0) is 19.1 Å². The Kier molecular flexibility index (Phi) is 4.78. The highest BCUT2D eigenvalue weighted by molar-refractivity contribution is 6.33. The van der Waals surface area contributed by atoms with Gasteiger partial charge in [-0.1, -0.05) is 23.7 Å². The third-order valence-corrected chi connectivity index (χ3v) is 5.18. The van der Waals surface area contributed by atoms with Crippen molar-refractivity contribution in [1.82, 2.24) is 14.9 Å². The van der Waals surface area contributed by atoms with Crippen LogP contribution in [-0.2, 0) is 17.7 Å². The monoisotopic (exact) mass is 372 g/mol. The van der Waals surface area contributed by atoms with E-state index in [0.717, 1.165) is 42.4 Å². The summed E-state index contributed by atoms with van der Waals surface area (Å²) < 4.78 is 5.46. The summed E-state index contributed by atoms with van der Waals surface area (Å²) in [5, 5.41) is 0.483. The van der Waals surface area contributed by atoms with Gasteiger partial charge in [0.2, 0.25) is 0 Å². The number of halogens is 1. The molecule has 0 radical (unpaired) electrons. The van der Waals surface area contributed by atoms with Crippen LogP contribution in [0.5, 0.6) is 0 Å². The molecular formula is C19H21ClN4O2. The van der Waals surface area contributed by atoms with Crippen molar-refractivity contribution in [1.29, 1.82) is 0 Å². The highest BCUT2D eigenvalue weighted by Gasteiger charge is 2.28. The third kappa shape index (κ3) is 3.27. The van der Waals surface area contributed by atoms with Crippen LogP contribution in [0.15, 0.2) is 24.3 Å². The second kappa shape index (κ2) is 7.21. The summed E-state index contributed by atoms with van der Waals surface area (Å²) in [5.74, 6) is 1.67. The normalized spacial score (nSPS) is 17.2. The average Bonchev–Trinajstić information content (AvgIpc) is 2.67. The topological polar surface area (TPSA) is 58.6 Å². The van der Waals surface area contributed by atoms with Gasteiger partial charge in [0.15, 0.2) is 0 Å². The molecule has 4 rings (SSSR count). The summed E-state index contributed by atoms with van der Waals surface area (Å²) in [5.41, 5.74) is 2.63. The molecule has 2 aliphatic rings. The number of nitrogens with zero attached hydrogens (tertiary/aromatic N) is 4. The van der Waals surface area contributed by atoms with Gasteiger partial charge in [0.25, 0.3) is 5.91 Å². The number of morpholine rings is 1. The zero-order valence-electron chi connectivity index (χ0n) is 14.7. The predicted molar refractivity (Wildman–Crippen MR) is 99.7 cm³/mol. The van der Waals surface area contributed by atoms with Gasteiger partial charge in [0, 0.05) is 31.6 Å². The van der Waals surface area contributed by atoms with Gasteiger partial charge >= 0.3 is 0 Å². The van der Waals surface area contributed by atoms with Gasteiger partial charge in [0.05, 0.1) is 36.0 Å². The number of ether oxygens (including phenoxy) is 1. The first-order chi connectivity index (χ1) is 12.6. The summed E-state index contributed by atoms with van der Waals surface area (Å²) in [4.78, 5) is 26.3. The summed E-state index contributed by atoms with van der Waals surface area (Å²) >= 11 is 6.22. The Labute approximate surface area is 157 Å². The van der Waals surface area contributed by atoms with E-state index in [9.17, 15) is 4.79 Å². The van der Waals surface area contributed by atoms with Crippen molar-refractivity contribution in [2.24, 2.45) is 0 Å². The van der Waals surface area contributed by atoms with Crippen molar-refractivity contribution >= 4 is 23.3 Å². The number of rotatable bonds is 2. The molecule has 0 unspecified atom stereocenters. The molecule has 6 nitrogen and oxygen atoms in total. The fraction of sp³-hybridized carbons (Fsp3) is 0.421. The van der Waals surface area contributed by atoms with Crippen molar-refractivity contribution in [3.05, 3.63) is 51.9 Å². The molecule has 1 saturated heterocycles. The Morgan fingerprint density at radius 2 is 1.92 bits per heavy atom. The molecule has 1 aromatic heterocycles. The molecule has 1 amide bonds. The minimum atomic E-state index is -0.0465. The minimum Gasteiger partial charge on any atom is -0.378 e. The molecule has 0 atom stereocenters. The summed E-state index contributed by atoms with van der Waals surface area (Å²) in [6.45, 7) is 6.07. The van der Waals surface area contributed by atoms with E-state index in [4.69, 9.17) is 16.3 Å². The maximum absolute atomic E-state index is 13.0. The van der Waals surface area contributed by atoms with Crippen molar-refractivity contribution < 1.29 is 9.53 Å². The second-order valence-corrected chi connectivity index (χ2v) is 6.98. The number of benzene rings is 1.